The quantitative estimate of drug-likeness (QED) is 0.507. The van der Waals surface area contributed by atoms with Crippen molar-refractivity contribution in [3.8, 4) is 11.4 Å². The predicted molar refractivity (Wildman–Crippen MR) is 125 cm³/mol. The smallest absolute Gasteiger partial charge is 0.227 e. The third-order valence-electron chi connectivity index (χ3n) is 6.29. The van der Waals surface area contributed by atoms with E-state index in [2.05, 4.69) is 22.0 Å². The molecule has 174 valence electrons. The van der Waals surface area contributed by atoms with Gasteiger partial charge in [-0.25, -0.2) is 4.39 Å². The first kappa shape index (κ1) is 23.1. The lowest BCUT2D eigenvalue weighted by Crippen LogP contribution is -2.49. The van der Waals surface area contributed by atoms with Crippen molar-refractivity contribution in [1.82, 2.24) is 19.9 Å². The molecular formula is C26H31FN4O2. The molecule has 1 unspecified atom stereocenters. The van der Waals surface area contributed by atoms with Crippen molar-refractivity contribution in [2.45, 2.75) is 39.0 Å². The highest BCUT2D eigenvalue weighted by atomic mass is 19.1. The zero-order valence-electron chi connectivity index (χ0n) is 19.3. The minimum atomic E-state index is -0.251. The second-order valence-electron chi connectivity index (χ2n) is 8.86. The lowest BCUT2D eigenvalue weighted by Gasteiger charge is -2.35. The number of aromatic nitrogens is 2. The third kappa shape index (κ3) is 6.26. The first-order valence-electron chi connectivity index (χ1n) is 11.6. The van der Waals surface area contributed by atoms with Crippen LogP contribution in [0.1, 0.15) is 42.7 Å². The Morgan fingerprint density at radius 3 is 2.45 bits per heavy atom. The Balaban J connectivity index is 1.17. The summed E-state index contributed by atoms with van der Waals surface area (Å²) >= 11 is 0. The summed E-state index contributed by atoms with van der Waals surface area (Å²) in [6.45, 7) is 8.24. The molecule has 0 spiro atoms. The average Bonchev–Trinajstić information content (AvgIpc) is 3.29. The SMILES string of the molecule is Cc1ccc(-c2noc(CCCN3CCN(C(=O)CC(C)c4ccc(F)cc4)CC3)n2)cc1. The van der Waals surface area contributed by atoms with Gasteiger partial charge >= 0.3 is 0 Å². The predicted octanol–water partition coefficient (Wildman–Crippen LogP) is 4.45. The number of benzene rings is 2. The van der Waals surface area contributed by atoms with Gasteiger partial charge in [0.25, 0.3) is 0 Å². The second-order valence-corrected chi connectivity index (χ2v) is 8.86. The van der Waals surface area contributed by atoms with E-state index < -0.39 is 0 Å². The number of hydrogen-bond acceptors (Lipinski definition) is 5. The fourth-order valence-electron chi connectivity index (χ4n) is 4.15. The van der Waals surface area contributed by atoms with Gasteiger partial charge < -0.3 is 9.42 Å². The molecule has 0 aliphatic carbocycles. The first-order chi connectivity index (χ1) is 16.0. The van der Waals surface area contributed by atoms with Gasteiger partial charge in [-0.2, -0.15) is 4.98 Å². The summed E-state index contributed by atoms with van der Waals surface area (Å²) in [7, 11) is 0. The van der Waals surface area contributed by atoms with Crippen LogP contribution in [0, 0.1) is 12.7 Å². The summed E-state index contributed by atoms with van der Waals surface area (Å²) in [4.78, 5) is 21.5. The van der Waals surface area contributed by atoms with E-state index in [0.29, 0.717) is 18.1 Å². The van der Waals surface area contributed by atoms with Gasteiger partial charge in [0.05, 0.1) is 0 Å². The molecule has 1 amide bonds. The number of carbonyl (C=O) groups excluding carboxylic acids is 1. The standard InChI is InChI=1S/C26H31FN4O2/c1-19-5-7-22(8-6-19)26-28-24(33-29-26)4-3-13-30-14-16-31(17-15-30)25(32)18-20(2)21-9-11-23(27)12-10-21/h5-12,20H,3-4,13-18H2,1-2H3. The highest BCUT2D eigenvalue weighted by molar-refractivity contribution is 5.77. The summed E-state index contributed by atoms with van der Waals surface area (Å²) in [5.74, 6) is 1.29. The van der Waals surface area contributed by atoms with Crippen LogP contribution in [0.4, 0.5) is 4.39 Å². The van der Waals surface area contributed by atoms with Crippen LogP contribution in [-0.4, -0.2) is 58.6 Å². The molecule has 33 heavy (non-hydrogen) atoms. The molecule has 7 heteroatoms. The van der Waals surface area contributed by atoms with Crippen molar-refractivity contribution in [1.29, 1.82) is 0 Å². The van der Waals surface area contributed by atoms with E-state index in [9.17, 15) is 9.18 Å². The number of amides is 1. The van der Waals surface area contributed by atoms with Crippen LogP contribution >= 0.6 is 0 Å². The lowest BCUT2D eigenvalue weighted by atomic mass is 9.97. The van der Waals surface area contributed by atoms with Gasteiger partial charge in [0.2, 0.25) is 17.6 Å². The molecule has 1 atom stereocenters. The Bertz CT molecular complexity index is 1040. The zero-order valence-corrected chi connectivity index (χ0v) is 19.3. The minimum Gasteiger partial charge on any atom is -0.340 e. The van der Waals surface area contributed by atoms with E-state index >= 15 is 0 Å². The molecule has 1 aliphatic heterocycles. The molecule has 6 nitrogen and oxygen atoms in total. The number of halogens is 1. The molecule has 0 radical (unpaired) electrons. The first-order valence-corrected chi connectivity index (χ1v) is 11.6. The zero-order chi connectivity index (χ0) is 23.2. The summed E-state index contributed by atoms with van der Waals surface area (Å²) in [6.07, 6.45) is 2.13. The fourth-order valence-corrected chi connectivity index (χ4v) is 4.15. The highest BCUT2D eigenvalue weighted by Crippen LogP contribution is 2.21. The van der Waals surface area contributed by atoms with Gasteiger partial charge in [0, 0.05) is 44.6 Å². The summed E-state index contributed by atoms with van der Waals surface area (Å²) in [5, 5.41) is 4.10. The Labute approximate surface area is 194 Å². The van der Waals surface area contributed by atoms with Crippen LogP contribution < -0.4 is 0 Å². The topological polar surface area (TPSA) is 62.5 Å². The Kier molecular flexibility index (Phi) is 7.50. The van der Waals surface area contributed by atoms with Crippen molar-refractivity contribution in [3.63, 3.8) is 0 Å². The van der Waals surface area contributed by atoms with E-state index in [4.69, 9.17) is 4.52 Å². The summed E-state index contributed by atoms with van der Waals surface area (Å²) in [5.41, 5.74) is 3.16. The maximum absolute atomic E-state index is 13.1. The van der Waals surface area contributed by atoms with Crippen LogP contribution in [-0.2, 0) is 11.2 Å². The molecule has 1 aromatic heterocycles. The molecular weight excluding hydrogens is 419 g/mol. The monoisotopic (exact) mass is 450 g/mol. The minimum absolute atomic E-state index is 0.0790. The van der Waals surface area contributed by atoms with E-state index in [1.54, 1.807) is 12.1 Å². The fraction of sp³-hybridized carbons (Fsp3) is 0.423. The average molecular weight is 451 g/mol. The van der Waals surface area contributed by atoms with E-state index in [1.807, 2.05) is 36.1 Å². The Hall–Kier alpha value is -3.06. The molecule has 0 saturated carbocycles. The second kappa shape index (κ2) is 10.7. The highest BCUT2D eigenvalue weighted by Gasteiger charge is 2.23. The van der Waals surface area contributed by atoms with Crippen LogP contribution in [0.25, 0.3) is 11.4 Å². The molecule has 0 N–H and O–H groups in total. The van der Waals surface area contributed by atoms with Crippen molar-refractivity contribution < 1.29 is 13.7 Å². The lowest BCUT2D eigenvalue weighted by molar-refractivity contribution is -0.133. The van der Waals surface area contributed by atoms with Gasteiger partial charge in [-0.15, -0.1) is 0 Å². The van der Waals surface area contributed by atoms with Gasteiger partial charge in [0.15, 0.2) is 0 Å². The molecule has 3 aromatic rings. The molecule has 1 fully saturated rings. The summed E-state index contributed by atoms with van der Waals surface area (Å²) in [6, 6.07) is 14.5. The number of hydrogen-bond donors (Lipinski definition) is 0. The van der Waals surface area contributed by atoms with Crippen molar-refractivity contribution in [3.05, 3.63) is 71.4 Å². The maximum atomic E-state index is 13.1. The molecule has 0 bridgehead atoms. The number of rotatable bonds is 8. The van der Waals surface area contributed by atoms with E-state index in [1.165, 1.54) is 17.7 Å². The van der Waals surface area contributed by atoms with Crippen LogP contribution in [0.3, 0.4) is 0 Å². The molecule has 4 rings (SSSR count). The van der Waals surface area contributed by atoms with Crippen molar-refractivity contribution in [2.75, 3.05) is 32.7 Å². The van der Waals surface area contributed by atoms with E-state index in [0.717, 1.165) is 56.7 Å². The van der Waals surface area contributed by atoms with Crippen LogP contribution in [0.5, 0.6) is 0 Å². The van der Waals surface area contributed by atoms with Gasteiger partial charge in [-0.05, 0) is 43.5 Å². The van der Waals surface area contributed by atoms with Gasteiger partial charge in [-0.3, -0.25) is 9.69 Å². The Morgan fingerprint density at radius 2 is 1.76 bits per heavy atom. The Morgan fingerprint density at radius 1 is 1.06 bits per heavy atom. The van der Waals surface area contributed by atoms with E-state index in [-0.39, 0.29) is 17.6 Å². The third-order valence-corrected chi connectivity index (χ3v) is 6.29. The maximum Gasteiger partial charge on any atom is 0.227 e. The molecule has 2 heterocycles. The van der Waals surface area contributed by atoms with Crippen LogP contribution in [0.2, 0.25) is 0 Å². The number of aryl methyl sites for hydroxylation is 2. The number of carbonyl (C=O) groups is 1. The largest absolute Gasteiger partial charge is 0.340 e. The van der Waals surface area contributed by atoms with Crippen molar-refractivity contribution in [2.24, 2.45) is 0 Å². The molecule has 2 aromatic carbocycles. The summed E-state index contributed by atoms with van der Waals surface area (Å²) < 4.78 is 18.5. The number of nitrogens with zero attached hydrogens (tertiary/aromatic N) is 4. The van der Waals surface area contributed by atoms with Gasteiger partial charge in [0.1, 0.15) is 5.82 Å². The molecule has 1 aliphatic rings. The molecule has 1 saturated heterocycles. The van der Waals surface area contributed by atoms with Gasteiger partial charge in [-0.1, -0.05) is 54.0 Å². The normalized spacial score (nSPS) is 15.5. The number of piperazine rings is 1. The van der Waals surface area contributed by atoms with Crippen LogP contribution in [0.15, 0.2) is 53.1 Å². The van der Waals surface area contributed by atoms with Crippen molar-refractivity contribution >= 4 is 5.91 Å².